The predicted octanol–water partition coefficient (Wildman–Crippen LogP) is 3.51. The van der Waals surface area contributed by atoms with Crippen molar-refractivity contribution in [2.45, 2.75) is 78.2 Å². The van der Waals surface area contributed by atoms with E-state index in [0.29, 0.717) is 11.8 Å². The molecule has 1 rings (SSSR count). The number of aliphatic hydroxyl groups excluding tert-OH is 1. The minimum atomic E-state index is -0.108. The summed E-state index contributed by atoms with van der Waals surface area (Å²) in [5.41, 5.74) is 0. The minimum Gasteiger partial charge on any atom is -0.393 e. The van der Waals surface area contributed by atoms with Crippen molar-refractivity contribution < 1.29 is 9.90 Å². The summed E-state index contributed by atoms with van der Waals surface area (Å²) in [7, 11) is 0. The van der Waals surface area contributed by atoms with E-state index in [9.17, 15) is 9.90 Å². The molecule has 1 aliphatic carbocycles. The molecule has 1 fully saturated rings. The van der Waals surface area contributed by atoms with Gasteiger partial charge in [0.2, 0.25) is 5.91 Å². The molecular weight excluding hydrogens is 250 g/mol. The summed E-state index contributed by atoms with van der Waals surface area (Å²) >= 11 is 0. The topological polar surface area (TPSA) is 49.3 Å². The van der Waals surface area contributed by atoms with E-state index in [0.717, 1.165) is 45.1 Å². The SMILES string of the molecule is CCCC(C(=O)NCCCC1CCCCC1O)C(C)C. The highest BCUT2D eigenvalue weighted by Gasteiger charge is 2.23. The summed E-state index contributed by atoms with van der Waals surface area (Å²) in [4.78, 5) is 12.1. The van der Waals surface area contributed by atoms with Crippen LogP contribution in [0.4, 0.5) is 0 Å². The maximum Gasteiger partial charge on any atom is 0.223 e. The van der Waals surface area contributed by atoms with Gasteiger partial charge in [-0.1, -0.05) is 40.0 Å². The van der Waals surface area contributed by atoms with Crippen LogP contribution in [0.15, 0.2) is 0 Å². The Labute approximate surface area is 124 Å². The van der Waals surface area contributed by atoms with Gasteiger partial charge in [0.1, 0.15) is 0 Å². The average molecular weight is 283 g/mol. The van der Waals surface area contributed by atoms with Gasteiger partial charge in [0.05, 0.1) is 6.10 Å². The highest BCUT2D eigenvalue weighted by atomic mass is 16.3. The fraction of sp³-hybridized carbons (Fsp3) is 0.941. The highest BCUT2D eigenvalue weighted by molar-refractivity contribution is 5.78. The molecule has 0 heterocycles. The Morgan fingerprint density at radius 1 is 1.30 bits per heavy atom. The van der Waals surface area contributed by atoms with Crippen molar-refractivity contribution in [2.75, 3.05) is 6.54 Å². The van der Waals surface area contributed by atoms with E-state index in [1.165, 1.54) is 12.8 Å². The lowest BCUT2D eigenvalue weighted by Crippen LogP contribution is -2.34. The fourth-order valence-corrected chi connectivity index (χ4v) is 3.31. The van der Waals surface area contributed by atoms with Gasteiger partial charge in [0.25, 0.3) is 0 Å². The van der Waals surface area contributed by atoms with Crippen LogP contribution in [-0.4, -0.2) is 23.7 Å². The first-order valence-electron chi connectivity index (χ1n) is 8.52. The maximum absolute atomic E-state index is 12.1. The second-order valence-corrected chi connectivity index (χ2v) is 6.68. The van der Waals surface area contributed by atoms with E-state index < -0.39 is 0 Å². The van der Waals surface area contributed by atoms with Crippen LogP contribution in [0, 0.1) is 17.8 Å². The molecule has 118 valence electrons. The van der Waals surface area contributed by atoms with Gasteiger partial charge in [-0.05, 0) is 43.9 Å². The molecule has 3 nitrogen and oxygen atoms in total. The number of carbonyl (C=O) groups excluding carboxylic acids is 1. The molecule has 0 radical (unpaired) electrons. The molecule has 0 bridgehead atoms. The largest absolute Gasteiger partial charge is 0.393 e. The van der Waals surface area contributed by atoms with Gasteiger partial charge in [-0.15, -0.1) is 0 Å². The zero-order valence-electron chi connectivity index (χ0n) is 13.5. The lowest BCUT2D eigenvalue weighted by Gasteiger charge is -2.27. The zero-order chi connectivity index (χ0) is 15.0. The molecule has 0 spiro atoms. The standard InChI is InChI=1S/C17H33NO2/c1-4-8-15(13(2)3)17(20)18-12-7-10-14-9-5-6-11-16(14)19/h13-16,19H,4-12H2,1-3H3,(H,18,20). The van der Waals surface area contributed by atoms with E-state index in [4.69, 9.17) is 0 Å². The molecule has 0 aromatic carbocycles. The first-order chi connectivity index (χ1) is 9.56. The van der Waals surface area contributed by atoms with Gasteiger partial charge in [-0.2, -0.15) is 0 Å². The second-order valence-electron chi connectivity index (χ2n) is 6.68. The Balaban J connectivity index is 2.20. The molecule has 0 saturated heterocycles. The van der Waals surface area contributed by atoms with Crippen molar-refractivity contribution in [1.82, 2.24) is 5.32 Å². The normalized spacial score (nSPS) is 24.6. The van der Waals surface area contributed by atoms with Gasteiger partial charge in [-0.25, -0.2) is 0 Å². The molecule has 3 atom stereocenters. The van der Waals surface area contributed by atoms with E-state index in [1.54, 1.807) is 0 Å². The Bertz CT molecular complexity index is 278. The van der Waals surface area contributed by atoms with E-state index >= 15 is 0 Å². The van der Waals surface area contributed by atoms with Gasteiger partial charge >= 0.3 is 0 Å². The molecule has 20 heavy (non-hydrogen) atoms. The molecule has 1 amide bonds. The molecule has 0 aromatic heterocycles. The zero-order valence-corrected chi connectivity index (χ0v) is 13.5. The summed E-state index contributed by atoms with van der Waals surface area (Å²) in [6, 6.07) is 0. The maximum atomic E-state index is 12.1. The number of carbonyl (C=O) groups is 1. The minimum absolute atomic E-state index is 0.108. The van der Waals surface area contributed by atoms with E-state index in [2.05, 4.69) is 26.1 Å². The molecule has 0 aliphatic heterocycles. The van der Waals surface area contributed by atoms with Crippen LogP contribution in [0.2, 0.25) is 0 Å². The number of amides is 1. The van der Waals surface area contributed by atoms with Crippen LogP contribution in [0.1, 0.15) is 72.1 Å². The van der Waals surface area contributed by atoms with E-state index in [-0.39, 0.29) is 17.9 Å². The lowest BCUT2D eigenvalue weighted by molar-refractivity contribution is -0.126. The van der Waals surface area contributed by atoms with Crippen LogP contribution in [-0.2, 0) is 4.79 Å². The molecular formula is C17H33NO2. The van der Waals surface area contributed by atoms with Crippen LogP contribution in [0.3, 0.4) is 0 Å². The van der Waals surface area contributed by atoms with Crippen molar-refractivity contribution >= 4 is 5.91 Å². The summed E-state index contributed by atoms with van der Waals surface area (Å²) < 4.78 is 0. The molecule has 0 aromatic rings. The Hall–Kier alpha value is -0.570. The summed E-state index contributed by atoms with van der Waals surface area (Å²) in [5, 5.41) is 13.0. The van der Waals surface area contributed by atoms with E-state index in [1.807, 2.05) is 0 Å². The second kappa shape index (κ2) is 9.38. The lowest BCUT2D eigenvalue weighted by atomic mass is 9.83. The fourth-order valence-electron chi connectivity index (χ4n) is 3.31. The highest BCUT2D eigenvalue weighted by Crippen LogP contribution is 2.27. The first-order valence-corrected chi connectivity index (χ1v) is 8.52. The Morgan fingerprint density at radius 2 is 2.00 bits per heavy atom. The van der Waals surface area contributed by atoms with Crippen LogP contribution in [0.25, 0.3) is 0 Å². The first kappa shape index (κ1) is 17.5. The van der Waals surface area contributed by atoms with Crippen molar-refractivity contribution in [3.63, 3.8) is 0 Å². The third-order valence-corrected chi connectivity index (χ3v) is 4.66. The van der Waals surface area contributed by atoms with Crippen LogP contribution in [0.5, 0.6) is 0 Å². The molecule has 2 N–H and O–H groups in total. The van der Waals surface area contributed by atoms with Crippen LogP contribution >= 0.6 is 0 Å². The summed E-state index contributed by atoms with van der Waals surface area (Å²) in [5.74, 6) is 1.23. The van der Waals surface area contributed by atoms with Crippen molar-refractivity contribution in [3.05, 3.63) is 0 Å². The Kier molecular flexibility index (Phi) is 8.20. The average Bonchev–Trinajstić information content (AvgIpc) is 2.42. The molecule has 1 aliphatic rings. The van der Waals surface area contributed by atoms with Gasteiger partial charge < -0.3 is 10.4 Å². The Morgan fingerprint density at radius 3 is 2.60 bits per heavy atom. The van der Waals surface area contributed by atoms with Crippen molar-refractivity contribution in [1.29, 1.82) is 0 Å². The third kappa shape index (κ3) is 5.82. The number of hydrogen-bond donors (Lipinski definition) is 2. The predicted molar refractivity (Wildman–Crippen MR) is 83.4 cm³/mol. The number of rotatable bonds is 8. The van der Waals surface area contributed by atoms with Crippen molar-refractivity contribution in [2.24, 2.45) is 17.8 Å². The number of aliphatic hydroxyl groups is 1. The molecule has 1 saturated carbocycles. The van der Waals surface area contributed by atoms with Crippen LogP contribution < -0.4 is 5.32 Å². The number of hydrogen-bond acceptors (Lipinski definition) is 2. The molecule has 3 unspecified atom stereocenters. The summed E-state index contributed by atoms with van der Waals surface area (Å²) in [6.07, 6.45) is 8.49. The monoisotopic (exact) mass is 283 g/mol. The third-order valence-electron chi connectivity index (χ3n) is 4.66. The van der Waals surface area contributed by atoms with Gasteiger partial charge in [-0.3, -0.25) is 4.79 Å². The number of nitrogens with one attached hydrogen (secondary N) is 1. The van der Waals surface area contributed by atoms with Gasteiger partial charge in [0.15, 0.2) is 0 Å². The van der Waals surface area contributed by atoms with Gasteiger partial charge in [0, 0.05) is 12.5 Å². The quantitative estimate of drug-likeness (QED) is 0.670. The van der Waals surface area contributed by atoms with Crippen molar-refractivity contribution in [3.8, 4) is 0 Å². The smallest absolute Gasteiger partial charge is 0.223 e. The summed E-state index contributed by atoms with van der Waals surface area (Å²) in [6.45, 7) is 7.14. The molecule has 3 heteroatoms.